The van der Waals surface area contributed by atoms with Gasteiger partial charge in [-0.1, -0.05) is 55.8 Å². The van der Waals surface area contributed by atoms with E-state index in [1.54, 1.807) is 73.7 Å². The Morgan fingerprint density at radius 3 is 2.21 bits per heavy atom. The first-order valence-electron chi connectivity index (χ1n) is 12.6. The van der Waals surface area contributed by atoms with Gasteiger partial charge >= 0.3 is 0 Å². The summed E-state index contributed by atoms with van der Waals surface area (Å²) < 4.78 is 33.8. The van der Waals surface area contributed by atoms with E-state index in [0.717, 1.165) is 4.31 Å². The molecule has 39 heavy (non-hydrogen) atoms. The van der Waals surface area contributed by atoms with Crippen molar-refractivity contribution < 1.29 is 22.7 Å². The second-order valence-corrected chi connectivity index (χ2v) is 11.8. The highest BCUT2D eigenvalue weighted by Gasteiger charge is 2.32. The summed E-state index contributed by atoms with van der Waals surface area (Å²) in [6.07, 6.45) is 0. The van der Waals surface area contributed by atoms with E-state index in [9.17, 15) is 18.0 Å². The lowest BCUT2D eigenvalue weighted by molar-refractivity contribution is -0.139. The molecule has 0 spiro atoms. The first-order chi connectivity index (χ1) is 18.5. The molecule has 0 fully saturated rings. The van der Waals surface area contributed by atoms with Crippen LogP contribution in [0.1, 0.15) is 26.3 Å². The normalized spacial score (nSPS) is 12.1. The van der Waals surface area contributed by atoms with Crippen LogP contribution in [0.25, 0.3) is 0 Å². The molecule has 0 aromatic heterocycles. The second kappa shape index (κ2) is 13.5. The van der Waals surface area contributed by atoms with E-state index in [-0.39, 0.29) is 23.3 Å². The van der Waals surface area contributed by atoms with Crippen molar-refractivity contribution in [2.75, 3.05) is 24.5 Å². The molecule has 3 rings (SSSR count). The summed E-state index contributed by atoms with van der Waals surface area (Å²) >= 11 is 6.17. The molecule has 208 valence electrons. The van der Waals surface area contributed by atoms with Crippen molar-refractivity contribution >= 4 is 39.1 Å². The summed E-state index contributed by atoms with van der Waals surface area (Å²) in [7, 11) is -2.65. The molecule has 1 N–H and O–H groups in total. The maximum absolute atomic E-state index is 13.9. The van der Waals surface area contributed by atoms with Gasteiger partial charge in [-0.15, -0.1) is 0 Å². The Bertz CT molecular complexity index is 1370. The fourth-order valence-corrected chi connectivity index (χ4v) is 5.49. The summed E-state index contributed by atoms with van der Waals surface area (Å²) in [5.74, 6) is -0.141. The van der Waals surface area contributed by atoms with Gasteiger partial charge < -0.3 is 15.0 Å². The SMILES string of the molecule is COc1ccc(S(=O)(=O)N(CC(=O)N(Cc2cccc(Cl)c2)[C@H](C)C(=O)NCC(C)C)c2ccccc2)cc1. The first kappa shape index (κ1) is 30.0. The monoisotopic (exact) mass is 571 g/mol. The molecule has 2 amide bonds. The van der Waals surface area contributed by atoms with Gasteiger partial charge in [0.1, 0.15) is 18.3 Å². The number of amides is 2. The number of sulfonamides is 1. The van der Waals surface area contributed by atoms with Gasteiger partial charge in [-0.3, -0.25) is 13.9 Å². The average molecular weight is 572 g/mol. The number of hydrogen-bond acceptors (Lipinski definition) is 5. The molecule has 0 heterocycles. The lowest BCUT2D eigenvalue weighted by Gasteiger charge is -2.32. The molecule has 0 radical (unpaired) electrons. The third-order valence-corrected chi connectivity index (χ3v) is 8.09. The lowest BCUT2D eigenvalue weighted by atomic mass is 10.1. The topological polar surface area (TPSA) is 96.0 Å². The zero-order valence-corrected chi connectivity index (χ0v) is 24.1. The zero-order chi connectivity index (χ0) is 28.6. The van der Waals surface area contributed by atoms with Gasteiger partial charge in [-0.25, -0.2) is 8.42 Å². The summed E-state index contributed by atoms with van der Waals surface area (Å²) in [4.78, 5) is 28.3. The van der Waals surface area contributed by atoms with Gasteiger partial charge in [0.05, 0.1) is 17.7 Å². The number of halogens is 1. The van der Waals surface area contributed by atoms with Crippen molar-refractivity contribution in [3.05, 3.63) is 89.4 Å². The number of carbonyl (C=O) groups is 2. The van der Waals surface area contributed by atoms with Crippen LogP contribution in [0.3, 0.4) is 0 Å². The Balaban J connectivity index is 1.98. The summed E-state index contributed by atoms with van der Waals surface area (Å²) in [5.41, 5.74) is 1.03. The quantitative estimate of drug-likeness (QED) is 0.339. The first-order valence-corrected chi connectivity index (χ1v) is 14.4. The van der Waals surface area contributed by atoms with E-state index < -0.39 is 28.5 Å². The molecular formula is C29H34ClN3O5S. The number of nitrogens with one attached hydrogen (secondary N) is 1. The summed E-state index contributed by atoms with van der Waals surface area (Å²) in [6, 6.07) is 20.5. The van der Waals surface area contributed by atoms with Crippen molar-refractivity contribution in [1.82, 2.24) is 10.2 Å². The van der Waals surface area contributed by atoms with E-state index in [2.05, 4.69) is 5.32 Å². The number of methoxy groups -OCH3 is 1. The van der Waals surface area contributed by atoms with Crippen molar-refractivity contribution in [2.45, 2.75) is 38.3 Å². The number of nitrogens with zero attached hydrogens (tertiary/aromatic N) is 2. The number of anilines is 1. The Labute approximate surface area is 235 Å². The third kappa shape index (κ3) is 7.97. The number of hydrogen-bond donors (Lipinski definition) is 1. The molecule has 0 bridgehead atoms. The van der Waals surface area contributed by atoms with Crippen molar-refractivity contribution in [1.29, 1.82) is 0 Å². The minimum atomic E-state index is -4.15. The van der Waals surface area contributed by atoms with Gasteiger partial charge in [0.15, 0.2) is 0 Å². The highest BCUT2D eigenvalue weighted by Crippen LogP contribution is 2.26. The standard InChI is InChI=1S/C29H34ClN3O5S/c1-21(2)18-31-29(35)22(3)32(19-23-9-8-10-24(30)17-23)28(34)20-33(25-11-6-5-7-12-25)39(36,37)27-15-13-26(38-4)14-16-27/h5-17,21-22H,18-20H2,1-4H3,(H,31,35)/t22-/m1/s1. The number of carbonyl (C=O) groups excluding carboxylic acids is 2. The minimum Gasteiger partial charge on any atom is -0.497 e. The Hall–Kier alpha value is -3.56. The van der Waals surface area contributed by atoms with E-state index in [1.807, 2.05) is 13.8 Å². The van der Waals surface area contributed by atoms with Crippen LogP contribution < -0.4 is 14.4 Å². The van der Waals surface area contributed by atoms with Crippen LogP contribution in [0.5, 0.6) is 5.75 Å². The largest absolute Gasteiger partial charge is 0.497 e. The fourth-order valence-electron chi connectivity index (χ4n) is 3.86. The summed E-state index contributed by atoms with van der Waals surface area (Å²) in [6.45, 7) is 5.58. The number of benzene rings is 3. The molecule has 0 aliphatic carbocycles. The lowest BCUT2D eigenvalue weighted by Crippen LogP contribution is -2.51. The van der Waals surface area contributed by atoms with E-state index in [4.69, 9.17) is 16.3 Å². The van der Waals surface area contributed by atoms with Crippen LogP contribution in [0.2, 0.25) is 5.02 Å². The number of para-hydroxylation sites is 1. The van der Waals surface area contributed by atoms with Crippen LogP contribution in [-0.2, 0) is 26.2 Å². The molecule has 0 aliphatic rings. The van der Waals surface area contributed by atoms with Gasteiger partial charge in [0, 0.05) is 18.1 Å². The molecule has 3 aromatic carbocycles. The van der Waals surface area contributed by atoms with Crippen molar-refractivity contribution in [3.8, 4) is 5.75 Å². The molecule has 0 saturated heterocycles. The number of ether oxygens (including phenoxy) is 1. The van der Waals surface area contributed by atoms with Gasteiger partial charge in [-0.05, 0) is 66.9 Å². The third-order valence-electron chi connectivity index (χ3n) is 6.06. The minimum absolute atomic E-state index is 0.00377. The molecule has 0 saturated carbocycles. The smallest absolute Gasteiger partial charge is 0.264 e. The van der Waals surface area contributed by atoms with Crippen molar-refractivity contribution in [2.24, 2.45) is 5.92 Å². The predicted octanol–water partition coefficient (Wildman–Crippen LogP) is 4.73. The highest BCUT2D eigenvalue weighted by atomic mass is 35.5. The molecule has 8 nitrogen and oxygen atoms in total. The van der Waals surface area contributed by atoms with Crippen LogP contribution in [0, 0.1) is 5.92 Å². The van der Waals surface area contributed by atoms with Crippen LogP contribution >= 0.6 is 11.6 Å². The maximum atomic E-state index is 13.9. The second-order valence-electron chi connectivity index (χ2n) is 9.49. The molecule has 0 unspecified atom stereocenters. The average Bonchev–Trinajstić information content (AvgIpc) is 2.93. The molecule has 1 atom stereocenters. The highest BCUT2D eigenvalue weighted by molar-refractivity contribution is 7.92. The van der Waals surface area contributed by atoms with Gasteiger partial charge in [0.25, 0.3) is 10.0 Å². The van der Waals surface area contributed by atoms with Crippen LogP contribution in [-0.4, -0.2) is 51.4 Å². The van der Waals surface area contributed by atoms with Gasteiger partial charge in [-0.2, -0.15) is 0 Å². The molecular weight excluding hydrogens is 538 g/mol. The van der Waals surface area contributed by atoms with Crippen molar-refractivity contribution in [3.63, 3.8) is 0 Å². The Morgan fingerprint density at radius 1 is 0.949 bits per heavy atom. The zero-order valence-electron chi connectivity index (χ0n) is 22.5. The predicted molar refractivity (Wildman–Crippen MR) is 153 cm³/mol. The maximum Gasteiger partial charge on any atom is 0.264 e. The van der Waals surface area contributed by atoms with E-state index in [0.29, 0.717) is 28.6 Å². The van der Waals surface area contributed by atoms with E-state index in [1.165, 1.54) is 24.1 Å². The summed E-state index contributed by atoms with van der Waals surface area (Å²) in [5, 5.41) is 3.35. The van der Waals surface area contributed by atoms with Gasteiger partial charge in [0.2, 0.25) is 11.8 Å². The van der Waals surface area contributed by atoms with Crippen LogP contribution in [0.15, 0.2) is 83.8 Å². The fraction of sp³-hybridized carbons (Fsp3) is 0.310. The van der Waals surface area contributed by atoms with E-state index >= 15 is 0 Å². The molecule has 10 heteroatoms. The Kier molecular flexibility index (Phi) is 10.4. The Morgan fingerprint density at radius 2 is 1.62 bits per heavy atom. The molecule has 0 aliphatic heterocycles. The number of rotatable bonds is 12. The van der Waals surface area contributed by atoms with Crippen LogP contribution in [0.4, 0.5) is 5.69 Å². The molecule has 3 aromatic rings.